The first-order valence-corrected chi connectivity index (χ1v) is 8.62. The lowest BCUT2D eigenvalue weighted by atomic mass is 10.1. The summed E-state index contributed by atoms with van der Waals surface area (Å²) in [5, 5.41) is 4.89. The van der Waals surface area contributed by atoms with Crippen molar-refractivity contribution in [2.45, 2.75) is 0 Å². The van der Waals surface area contributed by atoms with Crippen molar-refractivity contribution in [3.05, 3.63) is 45.3 Å². The summed E-state index contributed by atoms with van der Waals surface area (Å²) >= 11 is 9.46. The van der Waals surface area contributed by atoms with E-state index in [9.17, 15) is 4.79 Å². The predicted molar refractivity (Wildman–Crippen MR) is 104 cm³/mol. The third-order valence-electron chi connectivity index (χ3n) is 3.52. The van der Waals surface area contributed by atoms with Crippen molar-refractivity contribution in [2.75, 3.05) is 26.1 Å². The third kappa shape index (κ3) is 3.56. The highest BCUT2D eigenvalue weighted by atomic mass is 79.9. The molecule has 3 aromatic rings. The fourth-order valence-corrected chi connectivity index (χ4v) is 3.23. The number of hydrogen-bond donors (Lipinski definition) is 1. The molecule has 0 radical (unpaired) electrons. The van der Waals surface area contributed by atoms with Gasteiger partial charge < -0.3 is 18.5 Å². The first kappa shape index (κ1) is 18.3. The Morgan fingerprint density at radius 2 is 2.15 bits per heavy atom. The summed E-state index contributed by atoms with van der Waals surface area (Å²) in [7, 11) is 5.21. The molecule has 9 heteroatoms. The number of rotatable bonds is 5. The monoisotopic (exact) mass is 439 g/mol. The van der Waals surface area contributed by atoms with Gasteiger partial charge in [-0.1, -0.05) is 11.6 Å². The van der Waals surface area contributed by atoms with Gasteiger partial charge in [0.25, 0.3) is 5.91 Å². The van der Waals surface area contributed by atoms with Crippen LogP contribution in [-0.4, -0.2) is 33.3 Å². The van der Waals surface area contributed by atoms with E-state index < -0.39 is 5.91 Å². The molecule has 0 aliphatic carbocycles. The zero-order valence-electron chi connectivity index (χ0n) is 14.2. The number of ether oxygens (including phenoxy) is 1. The second-order valence-electron chi connectivity index (χ2n) is 5.53. The molecule has 0 spiro atoms. The lowest BCUT2D eigenvalue weighted by Crippen LogP contribution is -2.17. The van der Waals surface area contributed by atoms with Crippen molar-refractivity contribution in [2.24, 2.45) is 5.10 Å². The second-order valence-corrected chi connectivity index (χ2v) is 6.82. The van der Waals surface area contributed by atoms with Crippen LogP contribution < -0.4 is 15.1 Å². The van der Waals surface area contributed by atoms with Crippen LogP contribution in [0, 0.1) is 0 Å². The number of nitrogens with one attached hydrogen (secondary N) is 1. The fraction of sp³-hybridized carbons (Fsp3) is 0.176. The van der Waals surface area contributed by atoms with Crippen LogP contribution in [0.4, 0.5) is 5.88 Å². The summed E-state index contributed by atoms with van der Waals surface area (Å²) in [5.41, 5.74) is 3.18. The number of amides is 1. The van der Waals surface area contributed by atoms with Crippen molar-refractivity contribution < 1.29 is 18.4 Å². The second kappa shape index (κ2) is 7.43. The first-order valence-electron chi connectivity index (χ1n) is 7.45. The van der Waals surface area contributed by atoms with Crippen LogP contribution in [0.15, 0.2) is 42.9 Å². The molecule has 1 N–H and O–H groups in total. The number of methoxy groups -OCH3 is 1. The Hall–Kier alpha value is -2.45. The topological polar surface area (TPSA) is 80.2 Å². The largest absolute Gasteiger partial charge is 0.493 e. The Balaban J connectivity index is 1.79. The van der Waals surface area contributed by atoms with Gasteiger partial charge in [-0.2, -0.15) is 5.10 Å². The van der Waals surface area contributed by atoms with Crippen molar-refractivity contribution in [3.63, 3.8) is 0 Å². The van der Waals surface area contributed by atoms with Crippen LogP contribution in [0.3, 0.4) is 0 Å². The molecule has 2 heterocycles. The fourth-order valence-electron chi connectivity index (χ4n) is 2.36. The standard InChI is InChI=1S/C17H15BrClN3O4/c1-22(2)17-13(18)6-10(26-17)7-20-21-16(23)12-8-25-15-11(12)4-9(19)5-14(15)24-3/h4-8H,1-3H3,(H,21,23). The molecule has 0 bridgehead atoms. The van der Waals surface area contributed by atoms with Crippen LogP contribution >= 0.6 is 27.5 Å². The zero-order chi connectivity index (χ0) is 18.8. The molecule has 0 saturated heterocycles. The predicted octanol–water partition coefficient (Wildman–Crippen LogP) is 4.28. The number of anilines is 1. The van der Waals surface area contributed by atoms with E-state index in [1.807, 2.05) is 19.0 Å². The van der Waals surface area contributed by atoms with E-state index in [-0.39, 0.29) is 0 Å². The van der Waals surface area contributed by atoms with Crippen LogP contribution in [0.1, 0.15) is 16.1 Å². The number of carbonyl (C=O) groups is 1. The number of fused-ring (bicyclic) bond motifs is 1. The molecule has 0 aliphatic heterocycles. The van der Waals surface area contributed by atoms with Gasteiger partial charge in [-0.25, -0.2) is 5.43 Å². The molecule has 0 saturated carbocycles. The highest BCUT2D eigenvalue weighted by molar-refractivity contribution is 9.10. The average Bonchev–Trinajstić information content (AvgIpc) is 3.17. The van der Waals surface area contributed by atoms with Gasteiger partial charge in [0.2, 0.25) is 5.88 Å². The molecule has 3 rings (SSSR count). The molecule has 7 nitrogen and oxygen atoms in total. The molecule has 2 aromatic heterocycles. The Labute approximate surface area is 162 Å². The van der Waals surface area contributed by atoms with Gasteiger partial charge >= 0.3 is 0 Å². The smallest absolute Gasteiger partial charge is 0.275 e. The zero-order valence-corrected chi connectivity index (χ0v) is 16.5. The van der Waals surface area contributed by atoms with Crippen LogP contribution in [0.25, 0.3) is 11.0 Å². The summed E-state index contributed by atoms with van der Waals surface area (Å²) < 4.78 is 17.0. The molecular formula is C17H15BrClN3O4. The summed E-state index contributed by atoms with van der Waals surface area (Å²) in [5.74, 6) is 1.15. The number of hydrogen-bond acceptors (Lipinski definition) is 6. The minimum atomic E-state index is -0.442. The van der Waals surface area contributed by atoms with E-state index in [2.05, 4.69) is 26.5 Å². The van der Waals surface area contributed by atoms with Crippen molar-refractivity contribution in [3.8, 4) is 5.75 Å². The number of carbonyl (C=O) groups excluding carboxylic acids is 1. The van der Waals surface area contributed by atoms with Crippen molar-refractivity contribution >= 4 is 56.5 Å². The van der Waals surface area contributed by atoms with E-state index in [0.717, 1.165) is 4.47 Å². The Bertz CT molecular complexity index is 993. The van der Waals surface area contributed by atoms with Gasteiger partial charge in [-0.3, -0.25) is 4.79 Å². The Kier molecular flexibility index (Phi) is 5.24. The lowest BCUT2D eigenvalue weighted by molar-refractivity contribution is 0.0956. The lowest BCUT2D eigenvalue weighted by Gasteiger charge is -2.07. The van der Waals surface area contributed by atoms with Gasteiger partial charge in [-0.05, 0) is 22.0 Å². The molecule has 0 unspecified atom stereocenters. The molecule has 1 aromatic carbocycles. The van der Waals surface area contributed by atoms with E-state index in [1.165, 1.54) is 19.6 Å². The summed E-state index contributed by atoms with van der Waals surface area (Å²) in [6.45, 7) is 0. The SMILES string of the molecule is COc1cc(Cl)cc2c(C(=O)NN=Cc3cc(Br)c(N(C)C)o3)coc12. The minimum absolute atomic E-state index is 0.299. The van der Waals surface area contributed by atoms with Crippen molar-refractivity contribution in [1.82, 2.24) is 5.43 Å². The number of benzene rings is 1. The number of halogens is 2. The maximum Gasteiger partial charge on any atom is 0.275 e. The molecule has 0 aliphatic rings. The molecule has 1 amide bonds. The number of nitrogens with zero attached hydrogens (tertiary/aromatic N) is 2. The summed E-state index contributed by atoms with van der Waals surface area (Å²) in [4.78, 5) is 14.2. The molecular weight excluding hydrogens is 426 g/mol. The quantitative estimate of drug-likeness (QED) is 0.473. The average molecular weight is 441 g/mol. The van der Waals surface area contributed by atoms with Crippen LogP contribution in [-0.2, 0) is 0 Å². The molecule has 26 heavy (non-hydrogen) atoms. The van der Waals surface area contributed by atoms with Gasteiger partial charge in [0.15, 0.2) is 17.1 Å². The highest BCUT2D eigenvalue weighted by Crippen LogP contribution is 2.33. The van der Waals surface area contributed by atoms with E-state index in [1.54, 1.807) is 18.2 Å². The maximum atomic E-state index is 12.4. The van der Waals surface area contributed by atoms with Gasteiger partial charge in [0, 0.05) is 36.6 Å². The van der Waals surface area contributed by atoms with Crippen LogP contribution in [0.5, 0.6) is 5.75 Å². The van der Waals surface area contributed by atoms with Gasteiger partial charge in [0.1, 0.15) is 6.26 Å². The highest BCUT2D eigenvalue weighted by Gasteiger charge is 2.17. The first-order chi connectivity index (χ1) is 12.4. The van der Waals surface area contributed by atoms with Gasteiger partial charge in [-0.15, -0.1) is 0 Å². The van der Waals surface area contributed by atoms with Gasteiger partial charge in [0.05, 0.1) is 23.4 Å². The summed E-state index contributed by atoms with van der Waals surface area (Å²) in [6, 6.07) is 5.00. The molecule has 136 valence electrons. The van der Waals surface area contributed by atoms with E-state index in [0.29, 0.717) is 38.9 Å². The normalized spacial score (nSPS) is 11.3. The molecule has 0 atom stereocenters. The van der Waals surface area contributed by atoms with E-state index >= 15 is 0 Å². The minimum Gasteiger partial charge on any atom is -0.493 e. The number of furan rings is 2. The third-order valence-corrected chi connectivity index (χ3v) is 4.31. The number of hydrazone groups is 1. The van der Waals surface area contributed by atoms with Crippen molar-refractivity contribution in [1.29, 1.82) is 0 Å². The summed E-state index contributed by atoms with van der Waals surface area (Å²) in [6.07, 6.45) is 2.74. The van der Waals surface area contributed by atoms with E-state index in [4.69, 9.17) is 25.2 Å². The van der Waals surface area contributed by atoms with Crippen LogP contribution in [0.2, 0.25) is 5.02 Å². The maximum absolute atomic E-state index is 12.4. The molecule has 0 fully saturated rings. The Morgan fingerprint density at radius 1 is 1.38 bits per heavy atom. The Morgan fingerprint density at radius 3 is 2.81 bits per heavy atom.